The van der Waals surface area contributed by atoms with E-state index in [-0.39, 0.29) is 36.5 Å². The Hall–Kier alpha value is -2.08. The Morgan fingerprint density at radius 3 is 2.43 bits per heavy atom. The van der Waals surface area contributed by atoms with E-state index >= 15 is 0 Å². The first kappa shape index (κ1) is 17.3. The Morgan fingerprint density at radius 2 is 1.87 bits per heavy atom. The number of amides is 3. The van der Waals surface area contributed by atoms with E-state index in [4.69, 9.17) is 0 Å². The van der Waals surface area contributed by atoms with Crippen LogP contribution in [0.3, 0.4) is 0 Å². The third-order valence-corrected chi connectivity index (χ3v) is 4.24. The van der Waals surface area contributed by atoms with Gasteiger partial charge in [0.2, 0.25) is 5.91 Å². The van der Waals surface area contributed by atoms with Crippen molar-refractivity contribution in [1.82, 2.24) is 15.5 Å². The van der Waals surface area contributed by atoms with Gasteiger partial charge >= 0.3 is 6.03 Å². The number of rotatable bonds is 6. The van der Waals surface area contributed by atoms with Crippen molar-refractivity contribution in [3.8, 4) is 0 Å². The molecule has 0 aliphatic carbocycles. The Labute approximate surface area is 136 Å². The van der Waals surface area contributed by atoms with Gasteiger partial charge in [0, 0.05) is 25.9 Å². The molecule has 3 N–H and O–H groups in total. The number of hydrogen-bond donors (Lipinski definition) is 3. The first-order valence-electron chi connectivity index (χ1n) is 8.06. The van der Waals surface area contributed by atoms with E-state index in [2.05, 4.69) is 10.6 Å². The van der Waals surface area contributed by atoms with Crippen molar-refractivity contribution >= 4 is 11.9 Å². The monoisotopic (exact) mass is 319 g/mol. The maximum Gasteiger partial charge on any atom is 0.318 e. The number of nitrogens with one attached hydrogen (secondary N) is 2. The minimum atomic E-state index is -0.270. The summed E-state index contributed by atoms with van der Waals surface area (Å²) in [5.41, 5.74) is 1.07. The molecule has 0 bridgehead atoms. The van der Waals surface area contributed by atoms with E-state index in [9.17, 15) is 14.7 Å². The lowest BCUT2D eigenvalue weighted by Crippen LogP contribution is -2.70. The standard InChI is InChI=1S/C17H25N3O3/c1-3-9-18-17(23)20-14(10-19-12(2)22)16(15(20)11-21)13-7-5-4-6-8-13/h4-8,14-16,21H,3,9-11H2,1-2H3,(H,18,23)(H,19,22)/t14-,15+,16-/m1/s1. The number of carbonyl (C=O) groups excluding carboxylic acids is 2. The molecule has 2 rings (SSSR count). The summed E-state index contributed by atoms with van der Waals surface area (Å²) in [6.45, 7) is 4.32. The van der Waals surface area contributed by atoms with Crippen LogP contribution in [-0.2, 0) is 4.79 Å². The fourth-order valence-electron chi connectivity index (χ4n) is 3.17. The number of likely N-dealkylation sites (tertiary alicyclic amines) is 1. The van der Waals surface area contributed by atoms with Crippen LogP contribution in [0.4, 0.5) is 4.79 Å². The molecule has 3 atom stereocenters. The molecule has 1 aromatic carbocycles. The molecule has 6 heteroatoms. The zero-order valence-corrected chi connectivity index (χ0v) is 13.7. The smallest absolute Gasteiger partial charge is 0.318 e. The van der Waals surface area contributed by atoms with E-state index in [1.165, 1.54) is 6.92 Å². The second-order valence-corrected chi connectivity index (χ2v) is 5.83. The Morgan fingerprint density at radius 1 is 1.17 bits per heavy atom. The van der Waals surface area contributed by atoms with Crippen LogP contribution in [0.5, 0.6) is 0 Å². The lowest BCUT2D eigenvalue weighted by atomic mass is 9.75. The second kappa shape index (κ2) is 7.97. The molecule has 1 heterocycles. The Kier molecular flexibility index (Phi) is 5.98. The number of hydrogen-bond acceptors (Lipinski definition) is 3. The molecule has 1 saturated heterocycles. The van der Waals surface area contributed by atoms with Gasteiger partial charge in [0.15, 0.2) is 0 Å². The Bertz CT molecular complexity index is 535. The van der Waals surface area contributed by atoms with Crippen LogP contribution in [0.2, 0.25) is 0 Å². The SMILES string of the molecule is CCCNC(=O)N1[C@H](CNC(C)=O)[C@@H](c2ccccc2)[C@@H]1CO. The van der Waals surface area contributed by atoms with Crippen molar-refractivity contribution in [2.24, 2.45) is 0 Å². The van der Waals surface area contributed by atoms with Gasteiger partial charge in [-0.25, -0.2) is 4.79 Å². The van der Waals surface area contributed by atoms with Gasteiger partial charge in [0.05, 0.1) is 18.7 Å². The van der Waals surface area contributed by atoms with Crippen LogP contribution in [-0.4, -0.2) is 53.7 Å². The number of carbonyl (C=O) groups is 2. The summed E-state index contributed by atoms with van der Waals surface area (Å²) in [6, 6.07) is 9.20. The minimum absolute atomic E-state index is 0.0143. The van der Waals surface area contributed by atoms with Crippen molar-refractivity contribution in [3.05, 3.63) is 35.9 Å². The Balaban J connectivity index is 2.19. The van der Waals surface area contributed by atoms with Gasteiger partial charge < -0.3 is 20.6 Å². The van der Waals surface area contributed by atoms with Gasteiger partial charge in [-0.3, -0.25) is 4.79 Å². The second-order valence-electron chi connectivity index (χ2n) is 5.83. The topological polar surface area (TPSA) is 81.7 Å². The van der Waals surface area contributed by atoms with Gasteiger partial charge in [-0.1, -0.05) is 37.3 Å². The van der Waals surface area contributed by atoms with Crippen LogP contribution in [0, 0.1) is 0 Å². The maximum atomic E-state index is 12.4. The summed E-state index contributed by atoms with van der Waals surface area (Å²) in [6.07, 6.45) is 0.849. The van der Waals surface area contributed by atoms with Gasteiger partial charge in [0.25, 0.3) is 0 Å². The van der Waals surface area contributed by atoms with Crippen molar-refractivity contribution in [2.75, 3.05) is 19.7 Å². The number of nitrogens with zero attached hydrogens (tertiary/aromatic N) is 1. The van der Waals surface area contributed by atoms with Crippen molar-refractivity contribution in [1.29, 1.82) is 0 Å². The molecular weight excluding hydrogens is 294 g/mol. The quantitative estimate of drug-likeness (QED) is 0.733. The van der Waals surface area contributed by atoms with Gasteiger partial charge in [-0.2, -0.15) is 0 Å². The third kappa shape index (κ3) is 3.82. The van der Waals surface area contributed by atoms with Crippen LogP contribution in [0.25, 0.3) is 0 Å². The molecule has 0 unspecified atom stereocenters. The first-order valence-corrected chi connectivity index (χ1v) is 8.06. The molecule has 0 radical (unpaired) electrons. The largest absolute Gasteiger partial charge is 0.394 e. The summed E-state index contributed by atoms with van der Waals surface area (Å²) < 4.78 is 0. The highest BCUT2D eigenvalue weighted by Gasteiger charge is 2.50. The van der Waals surface area contributed by atoms with Crippen LogP contribution < -0.4 is 10.6 Å². The molecule has 126 valence electrons. The molecular formula is C17H25N3O3. The highest BCUT2D eigenvalue weighted by atomic mass is 16.3. The van der Waals surface area contributed by atoms with E-state index in [1.807, 2.05) is 37.3 Å². The van der Waals surface area contributed by atoms with Gasteiger partial charge in [-0.15, -0.1) is 0 Å². The molecule has 0 aromatic heterocycles. The minimum Gasteiger partial charge on any atom is -0.394 e. The van der Waals surface area contributed by atoms with Crippen LogP contribution in [0.1, 0.15) is 31.7 Å². The van der Waals surface area contributed by atoms with Gasteiger partial charge in [-0.05, 0) is 12.0 Å². The molecule has 1 fully saturated rings. The molecule has 1 aliphatic heterocycles. The maximum absolute atomic E-state index is 12.4. The molecule has 1 aromatic rings. The zero-order chi connectivity index (χ0) is 16.8. The summed E-state index contributed by atoms with van der Waals surface area (Å²) in [4.78, 5) is 25.3. The fourth-order valence-corrected chi connectivity index (χ4v) is 3.17. The highest BCUT2D eigenvalue weighted by molar-refractivity contribution is 5.77. The molecule has 1 aliphatic rings. The van der Waals surface area contributed by atoms with E-state index in [0.29, 0.717) is 13.1 Å². The predicted octanol–water partition coefficient (Wildman–Crippen LogP) is 1.07. The zero-order valence-electron chi connectivity index (χ0n) is 13.7. The molecule has 3 amide bonds. The number of benzene rings is 1. The predicted molar refractivity (Wildman–Crippen MR) is 88.1 cm³/mol. The summed E-state index contributed by atoms with van der Waals surface area (Å²) >= 11 is 0. The van der Waals surface area contributed by atoms with Crippen molar-refractivity contribution in [3.63, 3.8) is 0 Å². The number of aliphatic hydroxyl groups excluding tert-OH is 1. The molecule has 23 heavy (non-hydrogen) atoms. The average molecular weight is 319 g/mol. The van der Waals surface area contributed by atoms with Crippen LogP contribution in [0.15, 0.2) is 30.3 Å². The third-order valence-electron chi connectivity index (χ3n) is 4.24. The van der Waals surface area contributed by atoms with E-state index < -0.39 is 0 Å². The van der Waals surface area contributed by atoms with Gasteiger partial charge in [0.1, 0.15) is 0 Å². The summed E-state index contributed by atoms with van der Waals surface area (Å²) in [7, 11) is 0. The van der Waals surface area contributed by atoms with Crippen molar-refractivity contribution < 1.29 is 14.7 Å². The summed E-state index contributed by atoms with van der Waals surface area (Å²) in [5.74, 6) is -0.112. The lowest BCUT2D eigenvalue weighted by molar-refractivity contribution is -0.119. The number of aliphatic hydroxyl groups is 1. The fraction of sp³-hybridized carbons (Fsp3) is 0.529. The normalized spacial score (nSPS) is 23.1. The summed E-state index contributed by atoms with van der Waals surface area (Å²) in [5, 5.41) is 15.4. The lowest BCUT2D eigenvalue weighted by Gasteiger charge is -2.54. The average Bonchev–Trinajstić information content (AvgIpc) is 2.53. The molecule has 6 nitrogen and oxygen atoms in total. The van der Waals surface area contributed by atoms with Crippen LogP contribution >= 0.6 is 0 Å². The van der Waals surface area contributed by atoms with E-state index in [0.717, 1.165) is 12.0 Å². The van der Waals surface area contributed by atoms with E-state index in [1.54, 1.807) is 4.90 Å². The first-order chi connectivity index (χ1) is 11.1. The molecule has 0 saturated carbocycles. The highest BCUT2D eigenvalue weighted by Crippen LogP contribution is 2.40. The molecule has 0 spiro atoms. The number of urea groups is 1. The van der Waals surface area contributed by atoms with Crippen molar-refractivity contribution in [2.45, 2.75) is 38.3 Å².